The Morgan fingerprint density at radius 2 is 2.09 bits per heavy atom. The highest BCUT2D eigenvalue weighted by molar-refractivity contribution is 14.1. The fourth-order valence-corrected chi connectivity index (χ4v) is 1.66. The molecule has 0 saturated heterocycles. The van der Waals surface area contributed by atoms with Crippen molar-refractivity contribution in [2.75, 3.05) is 7.11 Å². The van der Waals surface area contributed by atoms with Crippen molar-refractivity contribution in [3.63, 3.8) is 0 Å². The van der Waals surface area contributed by atoms with Gasteiger partial charge in [-0.25, -0.2) is 0 Å². The zero-order chi connectivity index (χ0) is 8.43. The summed E-state index contributed by atoms with van der Waals surface area (Å²) in [6.07, 6.45) is 0. The van der Waals surface area contributed by atoms with Crippen molar-refractivity contribution in [1.29, 1.82) is 0 Å². The summed E-state index contributed by atoms with van der Waals surface area (Å²) in [5.41, 5.74) is 1.23. The number of aryl methyl sites for hydroxylation is 1. The van der Waals surface area contributed by atoms with Crippen molar-refractivity contribution in [2.45, 2.75) is 6.92 Å². The molecule has 0 fully saturated rings. The van der Waals surface area contributed by atoms with Gasteiger partial charge >= 0.3 is 0 Å². The summed E-state index contributed by atoms with van der Waals surface area (Å²) in [6, 6.07) is 3.99. The Bertz CT molecular complexity index is 250. The molecule has 60 valence electrons. The van der Waals surface area contributed by atoms with E-state index in [0.29, 0.717) is 0 Å². The Balaban J connectivity index is 3.21. The van der Waals surface area contributed by atoms with E-state index in [1.807, 2.05) is 12.1 Å². The van der Waals surface area contributed by atoms with Gasteiger partial charge in [-0.15, -0.1) is 0 Å². The summed E-state index contributed by atoms with van der Waals surface area (Å²) in [5.74, 6) is 0.898. The molecular weight excluding hydrogens is 319 g/mol. The van der Waals surface area contributed by atoms with Crippen LogP contribution < -0.4 is 4.74 Å². The van der Waals surface area contributed by atoms with Crippen LogP contribution in [0.25, 0.3) is 0 Å². The molecule has 0 unspecified atom stereocenters. The van der Waals surface area contributed by atoms with Crippen LogP contribution in [0.3, 0.4) is 0 Å². The minimum atomic E-state index is 0.898. The highest BCUT2D eigenvalue weighted by Crippen LogP contribution is 2.27. The molecule has 0 amide bonds. The third-order valence-electron chi connectivity index (χ3n) is 1.42. The minimum Gasteiger partial charge on any atom is -0.497 e. The van der Waals surface area contributed by atoms with Gasteiger partial charge in [0, 0.05) is 8.04 Å². The number of hydrogen-bond donors (Lipinski definition) is 0. The molecule has 3 heteroatoms. The number of ether oxygens (including phenoxy) is 1. The summed E-state index contributed by atoms with van der Waals surface area (Å²) in [5, 5.41) is 0. The van der Waals surface area contributed by atoms with Crippen molar-refractivity contribution in [3.8, 4) is 5.75 Å². The summed E-state index contributed by atoms with van der Waals surface area (Å²) in [6.45, 7) is 2.06. The van der Waals surface area contributed by atoms with Crippen LogP contribution in [0.5, 0.6) is 5.75 Å². The first-order valence-electron chi connectivity index (χ1n) is 3.15. The van der Waals surface area contributed by atoms with E-state index in [0.717, 1.165) is 10.2 Å². The predicted molar refractivity (Wildman–Crippen MR) is 58.1 cm³/mol. The molecule has 0 aliphatic heterocycles. The van der Waals surface area contributed by atoms with Crippen LogP contribution in [0.15, 0.2) is 16.6 Å². The molecule has 0 aliphatic rings. The number of methoxy groups -OCH3 is 1. The van der Waals surface area contributed by atoms with E-state index in [9.17, 15) is 0 Å². The number of hydrogen-bond acceptors (Lipinski definition) is 1. The van der Waals surface area contributed by atoms with Gasteiger partial charge in [-0.2, -0.15) is 0 Å². The maximum absolute atomic E-state index is 5.10. The Kier molecular flexibility index (Phi) is 3.18. The first kappa shape index (κ1) is 9.32. The molecule has 1 rings (SSSR count). The van der Waals surface area contributed by atoms with Crippen LogP contribution in [0.4, 0.5) is 0 Å². The molecule has 0 atom stereocenters. The van der Waals surface area contributed by atoms with E-state index in [1.165, 1.54) is 9.13 Å². The quantitative estimate of drug-likeness (QED) is 0.719. The van der Waals surface area contributed by atoms with E-state index < -0.39 is 0 Å². The number of halogens is 2. The van der Waals surface area contributed by atoms with Gasteiger partial charge in [0.15, 0.2) is 0 Å². The van der Waals surface area contributed by atoms with Crippen LogP contribution in [0.2, 0.25) is 0 Å². The molecule has 0 bridgehead atoms. The second-order valence-electron chi connectivity index (χ2n) is 2.24. The molecule has 0 aliphatic carbocycles. The first-order valence-corrected chi connectivity index (χ1v) is 5.02. The summed E-state index contributed by atoms with van der Waals surface area (Å²) < 4.78 is 7.43. The normalized spacial score (nSPS) is 9.82. The molecule has 1 nitrogen and oxygen atoms in total. The van der Waals surface area contributed by atoms with Crippen LogP contribution in [-0.2, 0) is 0 Å². The Morgan fingerprint density at radius 1 is 1.45 bits per heavy atom. The fraction of sp³-hybridized carbons (Fsp3) is 0.250. The average Bonchev–Trinajstić information content (AvgIpc) is 1.99. The van der Waals surface area contributed by atoms with Crippen LogP contribution in [0.1, 0.15) is 5.56 Å². The van der Waals surface area contributed by atoms with Crippen molar-refractivity contribution in [3.05, 3.63) is 25.7 Å². The lowest BCUT2D eigenvalue weighted by molar-refractivity contribution is 0.414. The zero-order valence-electron chi connectivity index (χ0n) is 6.32. The van der Waals surface area contributed by atoms with E-state index in [-0.39, 0.29) is 0 Å². The smallest absolute Gasteiger partial charge is 0.120 e. The summed E-state index contributed by atoms with van der Waals surface area (Å²) in [7, 11) is 1.67. The van der Waals surface area contributed by atoms with Crippen molar-refractivity contribution >= 4 is 38.5 Å². The van der Waals surface area contributed by atoms with Gasteiger partial charge < -0.3 is 4.74 Å². The van der Waals surface area contributed by atoms with Crippen molar-refractivity contribution in [2.24, 2.45) is 0 Å². The topological polar surface area (TPSA) is 9.23 Å². The van der Waals surface area contributed by atoms with Crippen molar-refractivity contribution in [1.82, 2.24) is 0 Å². The van der Waals surface area contributed by atoms with Gasteiger partial charge in [0.1, 0.15) is 5.75 Å². The average molecular weight is 327 g/mol. The monoisotopic (exact) mass is 326 g/mol. The summed E-state index contributed by atoms with van der Waals surface area (Å²) in [4.78, 5) is 0. The second-order valence-corrected chi connectivity index (χ2v) is 4.17. The fourth-order valence-electron chi connectivity index (χ4n) is 0.813. The second kappa shape index (κ2) is 3.76. The molecule has 1 aromatic carbocycles. The van der Waals surface area contributed by atoms with Crippen LogP contribution in [0, 0.1) is 10.5 Å². The Morgan fingerprint density at radius 3 is 2.55 bits per heavy atom. The van der Waals surface area contributed by atoms with Gasteiger partial charge in [0.2, 0.25) is 0 Å². The summed E-state index contributed by atoms with van der Waals surface area (Å²) >= 11 is 5.75. The zero-order valence-corrected chi connectivity index (χ0v) is 10.1. The molecule has 0 aromatic heterocycles. The SMILES string of the molecule is COc1cc(C)c(I)c(Br)c1. The first-order chi connectivity index (χ1) is 5.15. The number of rotatable bonds is 1. The molecule has 0 N–H and O–H groups in total. The van der Waals surface area contributed by atoms with Gasteiger partial charge in [-0.05, 0) is 63.1 Å². The molecule has 0 spiro atoms. The maximum atomic E-state index is 5.10. The van der Waals surface area contributed by atoms with E-state index in [1.54, 1.807) is 7.11 Å². The number of benzene rings is 1. The molecule has 1 aromatic rings. The highest BCUT2D eigenvalue weighted by Gasteiger charge is 2.02. The van der Waals surface area contributed by atoms with Crippen LogP contribution >= 0.6 is 38.5 Å². The van der Waals surface area contributed by atoms with Gasteiger partial charge in [-0.3, -0.25) is 0 Å². The highest BCUT2D eigenvalue weighted by atomic mass is 127. The molecule has 0 saturated carbocycles. The molecule has 0 heterocycles. The standard InChI is InChI=1S/C8H8BrIO/c1-5-3-6(11-2)4-7(9)8(5)10/h3-4H,1-2H3. The molecule has 11 heavy (non-hydrogen) atoms. The third kappa shape index (κ3) is 2.08. The Hall–Kier alpha value is 0.230. The van der Waals surface area contributed by atoms with Crippen LogP contribution in [-0.4, -0.2) is 7.11 Å². The van der Waals surface area contributed by atoms with Gasteiger partial charge in [0.05, 0.1) is 7.11 Å². The minimum absolute atomic E-state index is 0.898. The van der Waals surface area contributed by atoms with Crippen molar-refractivity contribution < 1.29 is 4.74 Å². The van der Waals surface area contributed by atoms with E-state index in [4.69, 9.17) is 4.74 Å². The lowest BCUT2D eigenvalue weighted by Crippen LogP contribution is -1.87. The lowest BCUT2D eigenvalue weighted by Gasteiger charge is -2.04. The third-order valence-corrected chi connectivity index (χ3v) is 4.22. The molecule has 0 radical (unpaired) electrons. The van der Waals surface area contributed by atoms with Gasteiger partial charge in [0.25, 0.3) is 0 Å². The predicted octanol–water partition coefficient (Wildman–Crippen LogP) is 3.37. The van der Waals surface area contributed by atoms with E-state index in [2.05, 4.69) is 45.4 Å². The van der Waals surface area contributed by atoms with E-state index >= 15 is 0 Å². The molecular formula is C8H8BrIO. The Labute approximate surface area is 88.4 Å². The largest absolute Gasteiger partial charge is 0.497 e. The van der Waals surface area contributed by atoms with Gasteiger partial charge in [-0.1, -0.05) is 0 Å². The maximum Gasteiger partial charge on any atom is 0.120 e. The lowest BCUT2D eigenvalue weighted by atomic mass is 10.2.